The number of aliphatic imine (C=N–C) groups is 1. The maximum absolute atomic E-state index is 4.74. The van der Waals surface area contributed by atoms with Crippen LogP contribution in [0.2, 0.25) is 0 Å². The summed E-state index contributed by atoms with van der Waals surface area (Å²) in [4.78, 5) is 8.14. The van der Waals surface area contributed by atoms with Crippen LogP contribution in [0, 0.1) is 0 Å². The van der Waals surface area contributed by atoms with Crippen LogP contribution in [0.3, 0.4) is 0 Å². The average Bonchev–Trinajstić information content (AvgIpc) is 2.93. The van der Waals surface area contributed by atoms with Crippen LogP contribution in [-0.2, 0) is 0 Å². The fourth-order valence-corrected chi connectivity index (χ4v) is 3.41. The summed E-state index contributed by atoms with van der Waals surface area (Å²) >= 11 is 0. The number of benzene rings is 1. The number of nitrogens with zero attached hydrogens (tertiary/aromatic N) is 1. The smallest absolute Gasteiger partial charge is 0.0508 e. The molecule has 1 N–H and O–H groups in total. The molecule has 2 aliphatic heterocycles. The normalized spacial score (nSPS) is 27.4. The van der Waals surface area contributed by atoms with Gasteiger partial charge in [-0.15, -0.1) is 0 Å². The highest BCUT2D eigenvalue weighted by Crippen LogP contribution is 2.39. The SMILES string of the molecule is c1ccc2c(C3CC4=NC(CC4)C3)c[nH]c2c1. The van der Waals surface area contributed by atoms with E-state index in [9.17, 15) is 0 Å². The summed E-state index contributed by atoms with van der Waals surface area (Å²) < 4.78 is 0. The lowest BCUT2D eigenvalue weighted by molar-refractivity contribution is 0.535. The Balaban J connectivity index is 1.77. The molecule has 0 saturated carbocycles. The Morgan fingerprint density at radius 2 is 2.18 bits per heavy atom. The van der Waals surface area contributed by atoms with Crippen LogP contribution in [0.4, 0.5) is 0 Å². The predicted octanol–water partition coefficient (Wildman–Crippen LogP) is 3.65. The first-order chi connectivity index (χ1) is 8.40. The molecule has 0 radical (unpaired) electrons. The summed E-state index contributed by atoms with van der Waals surface area (Å²) in [7, 11) is 0. The van der Waals surface area contributed by atoms with Gasteiger partial charge in [-0.25, -0.2) is 0 Å². The van der Waals surface area contributed by atoms with Crippen molar-refractivity contribution in [3.63, 3.8) is 0 Å². The predicted molar refractivity (Wildman–Crippen MR) is 70.7 cm³/mol. The summed E-state index contributed by atoms with van der Waals surface area (Å²) in [5.74, 6) is 0.686. The van der Waals surface area contributed by atoms with E-state index in [1.807, 2.05) is 0 Å². The van der Waals surface area contributed by atoms with Crippen LogP contribution in [0.1, 0.15) is 37.2 Å². The first-order valence-corrected chi connectivity index (χ1v) is 6.52. The van der Waals surface area contributed by atoms with Crippen LogP contribution in [0.5, 0.6) is 0 Å². The molecule has 3 heterocycles. The quantitative estimate of drug-likeness (QED) is 0.766. The molecule has 0 aliphatic carbocycles. The monoisotopic (exact) mass is 224 g/mol. The summed E-state index contributed by atoms with van der Waals surface area (Å²) in [5, 5.41) is 1.40. The molecule has 0 saturated heterocycles. The lowest BCUT2D eigenvalue weighted by atomic mass is 9.88. The minimum Gasteiger partial charge on any atom is -0.361 e. The van der Waals surface area contributed by atoms with Gasteiger partial charge in [-0.3, -0.25) is 4.99 Å². The molecular formula is C15H16N2. The lowest BCUT2D eigenvalue weighted by Gasteiger charge is -2.21. The highest BCUT2D eigenvalue weighted by atomic mass is 14.8. The van der Waals surface area contributed by atoms with Crippen LogP contribution in [0.15, 0.2) is 35.5 Å². The van der Waals surface area contributed by atoms with Gasteiger partial charge in [0.2, 0.25) is 0 Å². The zero-order chi connectivity index (χ0) is 11.2. The van der Waals surface area contributed by atoms with Gasteiger partial charge >= 0.3 is 0 Å². The standard InChI is InChI=1S/C15H16N2/c1-2-4-15-13(3-1)14(9-16-15)10-7-11-5-6-12(8-10)17-11/h1-4,9-11,16H,5-8H2. The Bertz CT molecular complexity index is 594. The molecule has 2 nitrogen and oxygen atoms in total. The zero-order valence-corrected chi connectivity index (χ0v) is 9.82. The maximum atomic E-state index is 4.74. The molecule has 4 rings (SSSR count). The molecule has 0 fully saturated rings. The topological polar surface area (TPSA) is 28.1 Å². The first-order valence-electron chi connectivity index (χ1n) is 6.52. The van der Waals surface area contributed by atoms with Gasteiger partial charge < -0.3 is 4.98 Å². The van der Waals surface area contributed by atoms with Crippen LogP contribution < -0.4 is 0 Å². The van der Waals surface area contributed by atoms with Gasteiger partial charge in [0, 0.05) is 22.8 Å². The van der Waals surface area contributed by atoms with Crippen LogP contribution in [-0.4, -0.2) is 16.7 Å². The van der Waals surface area contributed by atoms with Crippen molar-refractivity contribution in [1.82, 2.24) is 4.98 Å². The molecule has 2 bridgehead atoms. The molecule has 0 amide bonds. The van der Waals surface area contributed by atoms with E-state index in [1.54, 1.807) is 0 Å². The molecule has 2 aromatic rings. The Kier molecular flexibility index (Phi) is 1.92. The Labute approximate surface area is 101 Å². The van der Waals surface area contributed by atoms with E-state index in [-0.39, 0.29) is 0 Å². The molecule has 1 aromatic heterocycles. The second kappa shape index (κ2) is 3.46. The largest absolute Gasteiger partial charge is 0.361 e. The van der Waals surface area contributed by atoms with E-state index in [1.165, 1.54) is 47.9 Å². The number of H-pyrrole nitrogens is 1. The third-order valence-corrected chi connectivity index (χ3v) is 4.23. The third-order valence-electron chi connectivity index (χ3n) is 4.23. The van der Waals surface area contributed by atoms with E-state index in [0.717, 1.165) is 0 Å². The number of hydrogen-bond donors (Lipinski definition) is 1. The second-order valence-corrected chi connectivity index (χ2v) is 5.31. The van der Waals surface area contributed by atoms with Gasteiger partial charge in [0.1, 0.15) is 0 Å². The fourth-order valence-electron chi connectivity index (χ4n) is 3.41. The average molecular weight is 224 g/mol. The van der Waals surface area contributed by atoms with Crippen molar-refractivity contribution in [1.29, 1.82) is 0 Å². The van der Waals surface area contributed by atoms with E-state index < -0.39 is 0 Å². The number of para-hydroxylation sites is 1. The molecule has 1 aromatic carbocycles. The number of rotatable bonds is 1. The highest BCUT2D eigenvalue weighted by Gasteiger charge is 2.30. The number of aromatic amines is 1. The molecule has 2 aliphatic rings. The number of hydrogen-bond acceptors (Lipinski definition) is 1. The maximum Gasteiger partial charge on any atom is 0.0508 e. The number of nitrogens with one attached hydrogen (secondary N) is 1. The van der Waals surface area contributed by atoms with Crippen molar-refractivity contribution >= 4 is 16.6 Å². The number of aromatic nitrogens is 1. The van der Waals surface area contributed by atoms with Crippen molar-refractivity contribution < 1.29 is 0 Å². The van der Waals surface area contributed by atoms with Gasteiger partial charge in [0.25, 0.3) is 0 Å². The molecule has 2 unspecified atom stereocenters. The summed E-state index contributed by atoms with van der Waals surface area (Å²) in [5.41, 5.74) is 4.22. The van der Waals surface area contributed by atoms with Gasteiger partial charge in [-0.1, -0.05) is 18.2 Å². The van der Waals surface area contributed by atoms with E-state index >= 15 is 0 Å². The van der Waals surface area contributed by atoms with Crippen molar-refractivity contribution in [2.24, 2.45) is 4.99 Å². The fraction of sp³-hybridized carbons (Fsp3) is 0.400. The molecule has 2 atom stereocenters. The summed E-state index contributed by atoms with van der Waals surface area (Å²) in [6, 6.07) is 9.23. The van der Waals surface area contributed by atoms with Gasteiger partial charge in [-0.05, 0) is 43.2 Å². The molecule has 86 valence electrons. The number of fused-ring (bicyclic) bond motifs is 2. The summed E-state index contributed by atoms with van der Waals surface area (Å²) in [6.45, 7) is 0. The first kappa shape index (κ1) is 9.46. The highest BCUT2D eigenvalue weighted by molar-refractivity contribution is 5.89. The van der Waals surface area contributed by atoms with E-state index in [4.69, 9.17) is 4.99 Å². The van der Waals surface area contributed by atoms with Gasteiger partial charge in [-0.2, -0.15) is 0 Å². The zero-order valence-electron chi connectivity index (χ0n) is 9.82. The Morgan fingerprint density at radius 3 is 3.12 bits per heavy atom. The van der Waals surface area contributed by atoms with Gasteiger partial charge in [0.15, 0.2) is 0 Å². The summed E-state index contributed by atoms with van der Waals surface area (Å²) in [6.07, 6.45) is 7.15. The van der Waals surface area contributed by atoms with Crippen LogP contribution in [0.25, 0.3) is 10.9 Å². The second-order valence-electron chi connectivity index (χ2n) is 5.31. The van der Waals surface area contributed by atoms with Crippen molar-refractivity contribution in [2.75, 3.05) is 0 Å². The van der Waals surface area contributed by atoms with Gasteiger partial charge in [0.05, 0.1) is 6.04 Å². The van der Waals surface area contributed by atoms with Crippen molar-refractivity contribution in [3.8, 4) is 0 Å². The van der Waals surface area contributed by atoms with Crippen LogP contribution >= 0.6 is 0 Å². The molecule has 0 spiro atoms. The molecular weight excluding hydrogens is 208 g/mol. The third kappa shape index (κ3) is 1.43. The Hall–Kier alpha value is -1.57. The van der Waals surface area contributed by atoms with Crippen molar-refractivity contribution in [3.05, 3.63) is 36.0 Å². The molecule has 17 heavy (non-hydrogen) atoms. The minimum absolute atomic E-state index is 0.609. The van der Waals surface area contributed by atoms with Crippen molar-refractivity contribution in [2.45, 2.75) is 37.6 Å². The van der Waals surface area contributed by atoms with E-state index in [0.29, 0.717) is 12.0 Å². The molecule has 2 heteroatoms. The van der Waals surface area contributed by atoms with E-state index in [2.05, 4.69) is 35.4 Å². The minimum atomic E-state index is 0.609. The lowest BCUT2D eigenvalue weighted by Crippen LogP contribution is -2.13. The Morgan fingerprint density at radius 1 is 1.24 bits per heavy atom.